The maximum atomic E-state index is 12.7. The second-order valence-electron chi connectivity index (χ2n) is 7.11. The average molecular weight is 383 g/mol. The molecule has 0 saturated heterocycles. The normalized spacial score (nSPS) is 15.4. The van der Waals surface area contributed by atoms with Gasteiger partial charge in [-0.25, -0.2) is 0 Å². The van der Waals surface area contributed by atoms with Gasteiger partial charge in [-0.3, -0.25) is 9.59 Å². The Morgan fingerprint density at radius 1 is 1.11 bits per heavy atom. The zero-order valence-electron chi connectivity index (χ0n) is 15.7. The van der Waals surface area contributed by atoms with E-state index in [-0.39, 0.29) is 11.8 Å². The summed E-state index contributed by atoms with van der Waals surface area (Å²) in [6.07, 6.45) is 7.85. The minimum Gasteiger partial charge on any atom is -0.350 e. The van der Waals surface area contributed by atoms with E-state index in [1.54, 1.807) is 18.2 Å². The molecule has 1 aliphatic carbocycles. The van der Waals surface area contributed by atoms with Crippen molar-refractivity contribution in [3.05, 3.63) is 63.5 Å². The molecular weight excluding hydrogens is 356 g/mol. The first kappa shape index (κ1) is 19.4. The van der Waals surface area contributed by atoms with E-state index >= 15 is 0 Å². The van der Waals surface area contributed by atoms with Gasteiger partial charge in [-0.1, -0.05) is 43.0 Å². The summed E-state index contributed by atoms with van der Waals surface area (Å²) in [5.74, 6) is 0.0403. The van der Waals surface area contributed by atoms with E-state index in [2.05, 4.69) is 10.6 Å². The van der Waals surface area contributed by atoms with Crippen LogP contribution in [0, 0.1) is 12.8 Å². The molecule has 0 aliphatic heterocycles. The Labute approximate surface area is 164 Å². The second kappa shape index (κ2) is 9.51. The van der Waals surface area contributed by atoms with Gasteiger partial charge in [0.15, 0.2) is 0 Å². The van der Waals surface area contributed by atoms with E-state index in [4.69, 9.17) is 0 Å². The van der Waals surface area contributed by atoms with Crippen LogP contribution in [0.15, 0.2) is 47.5 Å². The van der Waals surface area contributed by atoms with Crippen LogP contribution in [-0.2, 0) is 4.79 Å². The van der Waals surface area contributed by atoms with Crippen LogP contribution in [-0.4, -0.2) is 18.4 Å². The summed E-state index contributed by atoms with van der Waals surface area (Å²) in [4.78, 5) is 26.3. The molecule has 2 aromatic rings. The van der Waals surface area contributed by atoms with Crippen molar-refractivity contribution in [2.45, 2.75) is 39.0 Å². The van der Waals surface area contributed by atoms with Crippen LogP contribution in [0.5, 0.6) is 0 Å². The smallest absolute Gasteiger partial charge is 0.267 e. The fourth-order valence-electron chi connectivity index (χ4n) is 3.30. The lowest BCUT2D eigenvalue weighted by molar-refractivity contribution is -0.117. The number of hydrogen-bond acceptors (Lipinski definition) is 3. The summed E-state index contributed by atoms with van der Waals surface area (Å²) in [5, 5.41) is 7.76. The molecule has 142 valence electrons. The second-order valence-corrected chi connectivity index (χ2v) is 8.09. The van der Waals surface area contributed by atoms with Crippen molar-refractivity contribution in [2.24, 2.45) is 5.92 Å². The average Bonchev–Trinajstić information content (AvgIpc) is 3.20. The Balaban J connectivity index is 1.69. The van der Waals surface area contributed by atoms with Gasteiger partial charge in [0.05, 0.1) is 0 Å². The Hall–Kier alpha value is -2.40. The molecule has 0 bridgehead atoms. The predicted molar refractivity (Wildman–Crippen MR) is 111 cm³/mol. The van der Waals surface area contributed by atoms with E-state index in [1.165, 1.54) is 43.4 Å². The third-order valence-corrected chi connectivity index (χ3v) is 5.73. The van der Waals surface area contributed by atoms with E-state index < -0.39 is 0 Å². The number of nitrogens with one attached hydrogen (secondary N) is 2. The van der Waals surface area contributed by atoms with Crippen LogP contribution in [0.4, 0.5) is 0 Å². The molecule has 0 radical (unpaired) electrons. The molecule has 1 fully saturated rings. The fourth-order valence-corrected chi connectivity index (χ4v) is 3.95. The molecule has 0 unspecified atom stereocenters. The quantitative estimate of drug-likeness (QED) is 0.722. The standard InChI is InChI=1S/C22H26N2O2S/c1-16-9-11-18(12-10-16)21(25)24-20(14-19-8-5-13-27-19)22(26)23-15-17-6-3-2-4-7-17/h5,8-14,17H,2-4,6-7,15H2,1H3,(H,23,26)(H,24,25)/b20-14-. The zero-order chi connectivity index (χ0) is 19.1. The highest BCUT2D eigenvalue weighted by Gasteiger charge is 2.18. The molecule has 4 nitrogen and oxygen atoms in total. The Bertz CT molecular complexity index is 788. The number of carbonyl (C=O) groups excluding carboxylic acids is 2. The van der Waals surface area contributed by atoms with E-state index in [0.717, 1.165) is 10.4 Å². The number of thiophene rings is 1. The lowest BCUT2D eigenvalue weighted by Gasteiger charge is -2.22. The zero-order valence-corrected chi connectivity index (χ0v) is 16.5. The van der Waals surface area contributed by atoms with Crippen LogP contribution in [0.2, 0.25) is 0 Å². The van der Waals surface area contributed by atoms with Crippen molar-refractivity contribution in [1.82, 2.24) is 10.6 Å². The van der Waals surface area contributed by atoms with Gasteiger partial charge in [0.2, 0.25) is 0 Å². The Morgan fingerprint density at radius 2 is 1.85 bits per heavy atom. The number of amides is 2. The van der Waals surface area contributed by atoms with Gasteiger partial charge in [-0.05, 0) is 55.3 Å². The lowest BCUT2D eigenvalue weighted by atomic mass is 9.89. The summed E-state index contributed by atoms with van der Waals surface area (Å²) in [7, 11) is 0. The maximum Gasteiger partial charge on any atom is 0.267 e. The molecule has 27 heavy (non-hydrogen) atoms. The number of benzene rings is 1. The van der Waals surface area contributed by atoms with Crippen molar-refractivity contribution >= 4 is 29.2 Å². The maximum absolute atomic E-state index is 12.7. The molecule has 2 amide bonds. The molecule has 1 saturated carbocycles. The van der Waals surface area contributed by atoms with Gasteiger partial charge in [0.1, 0.15) is 5.70 Å². The number of carbonyl (C=O) groups is 2. The molecule has 1 heterocycles. The van der Waals surface area contributed by atoms with Crippen molar-refractivity contribution in [2.75, 3.05) is 6.54 Å². The summed E-state index contributed by atoms with van der Waals surface area (Å²) in [6, 6.07) is 11.2. The Morgan fingerprint density at radius 3 is 2.52 bits per heavy atom. The lowest BCUT2D eigenvalue weighted by Crippen LogP contribution is -2.37. The highest BCUT2D eigenvalue weighted by atomic mass is 32.1. The first-order chi connectivity index (χ1) is 13.1. The first-order valence-electron chi connectivity index (χ1n) is 9.53. The van der Waals surface area contributed by atoms with Crippen LogP contribution in [0.1, 0.15) is 52.9 Å². The van der Waals surface area contributed by atoms with Gasteiger partial charge in [-0.15, -0.1) is 11.3 Å². The third-order valence-electron chi connectivity index (χ3n) is 4.91. The largest absolute Gasteiger partial charge is 0.350 e. The van der Waals surface area contributed by atoms with E-state index in [9.17, 15) is 9.59 Å². The molecule has 0 spiro atoms. The topological polar surface area (TPSA) is 58.2 Å². The van der Waals surface area contributed by atoms with Gasteiger partial charge in [-0.2, -0.15) is 0 Å². The van der Waals surface area contributed by atoms with Crippen LogP contribution in [0.3, 0.4) is 0 Å². The molecule has 2 N–H and O–H groups in total. The number of aryl methyl sites for hydroxylation is 1. The molecule has 1 aliphatic rings. The molecule has 1 aromatic heterocycles. The summed E-state index contributed by atoms with van der Waals surface area (Å²) >= 11 is 1.53. The predicted octanol–water partition coefficient (Wildman–Crippen LogP) is 4.52. The Kier molecular flexibility index (Phi) is 6.82. The molecule has 3 rings (SSSR count). The summed E-state index contributed by atoms with van der Waals surface area (Å²) in [6.45, 7) is 2.64. The van der Waals surface area contributed by atoms with Crippen LogP contribution < -0.4 is 10.6 Å². The van der Waals surface area contributed by atoms with Crippen molar-refractivity contribution in [3.63, 3.8) is 0 Å². The van der Waals surface area contributed by atoms with Gasteiger partial charge in [0.25, 0.3) is 11.8 Å². The van der Waals surface area contributed by atoms with Crippen molar-refractivity contribution in [3.8, 4) is 0 Å². The highest BCUT2D eigenvalue weighted by molar-refractivity contribution is 7.10. The van der Waals surface area contributed by atoms with Crippen LogP contribution in [0.25, 0.3) is 6.08 Å². The van der Waals surface area contributed by atoms with E-state index in [1.807, 2.05) is 36.6 Å². The molecule has 0 atom stereocenters. The SMILES string of the molecule is Cc1ccc(C(=O)N/C(=C\c2cccs2)C(=O)NCC2CCCCC2)cc1. The summed E-state index contributed by atoms with van der Waals surface area (Å²) < 4.78 is 0. The van der Waals surface area contributed by atoms with Crippen LogP contribution >= 0.6 is 11.3 Å². The van der Waals surface area contributed by atoms with Gasteiger partial charge in [0, 0.05) is 17.0 Å². The summed E-state index contributed by atoms with van der Waals surface area (Å²) in [5.41, 5.74) is 1.92. The minimum absolute atomic E-state index is 0.227. The third kappa shape index (κ3) is 5.79. The molecular formula is C22H26N2O2S. The van der Waals surface area contributed by atoms with E-state index in [0.29, 0.717) is 23.7 Å². The van der Waals surface area contributed by atoms with Gasteiger partial charge < -0.3 is 10.6 Å². The van der Waals surface area contributed by atoms with Crippen molar-refractivity contribution < 1.29 is 9.59 Å². The first-order valence-corrected chi connectivity index (χ1v) is 10.4. The van der Waals surface area contributed by atoms with Gasteiger partial charge >= 0.3 is 0 Å². The fraction of sp³-hybridized carbons (Fsp3) is 0.364. The number of rotatable bonds is 6. The number of hydrogen-bond donors (Lipinski definition) is 2. The van der Waals surface area contributed by atoms with Crippen molar-refractivity contribution in [1.29, 1.82) is 0 Å². The minimum atomic E-state index is -0.273. The monoisotopic (exact) mass is 382 g/mol. The molecule has 5 heteroatoms. The highest BCUT2D eigenvalue weighted by Crippen LogP contribution is 2.23. The molecule has 1 aromatic carbocycles.